The third kappa shape index (κ3) is 21.4. The summed E-state index contributed by atoms with van der Waals surface area (Å²) in [7, 11) is 3.83. The molecule has 0 unspecified atom stereocenters. The molecule has 0 atom stereocenters. The Kier molecular flexibility index (Phi) is 26.7. The Morgan fingerprint density at radius 3 is 1.07 bits per heavy atom. The van der Waals surface area contributed by atoms with E-state index >= 15 is 0 Å². The number of likely N-dealkylation sites (tertiary alicyclic amines) is 3. The molecule has 6 saturated heterocycles. The van der Waals surface area contributed by atoms with Gasteiger partial charge in [0.15, 0.2) is 0 Å². The summed E-state index contributed by atoms with van der Waals surface area (Å²) in [5, 5.41) is 21.9. The van der Waals surface area contributed by atoms with E-state index < -0.39 is 39.0 Å². The van der Waals surface area contributed by atoms with Gasteiger partial charge in [-0.15, -0.1) is 0 Å². The molecule has 6 aromatic carbocycles. The molecule has 4 aromatic heterocycles. The van der Waals surface area contributed by atoms with E-state index in [9.17, 15) is 26.9 Å². The summed E-state index contributed by atoms with van der Waals surface area (Å²) in [4.78, 5) is 48.5. The predicted molar refractivity (Wildman–Crippen MR) is 488 cm³/mol. The fraction of sp³-hybridized carbons (Fsp3) is 0.449. The first-order valence-corrected chi connectivity index (χ1v) is 49.5. The van der Waals surface area contributed by atoms with Gasteiger partial charge in [-0.25, -0.2) is 15.0 Å². The molecule has 121 heavy (non-hydrogen) atoms. The minimum atomic E-state index is -4.70. The lowest BCUT2D eigenvalue weighted by atomic mass is 9.71. The first kappa shape index (κ1) is 87.3. The third-order valence-electron chi connectivity index (χ3n) is 25.3. The van der Waals surface area contributed by atoms with Crippen molar-refractivity contribution < 1.29 is 41.1 Å². The second-order valence-corrected chi connectivity index (χ2v) is 44.2. The van der Waals surface area contributed by atoms with Crippen molar-refractivity contribution >= 4 is 135 Å². The van der Waals surface area contributed by atoms with Crippen LogP contribution in [-0.2, 0) is 19.9 Å². The molecule has 6 aliphatic rings. The van der Waals surface area contributed by atoms with Crippen LogP contribution in [-0.4, -0.2) is 216 Å². The minimum absolute atomic E-state index is 0.0348. The zero-order valence-electron chi connectivity index (χ0n) is 71.6. The van der Waals surface area contributed by atoms with Crippen LogP contribution in [0.1, 0.15) is 82.6 Å². The Morgan fingerprint density at radius 1 is 0.380 bits per heavy atom. The van der Waals surface area contributed by atoms with Crippen LogP contribution >= 0.6 is 21.4 Å². The highest BCUT2D eigenvalue weighted by Crippen LogP contribution is 2.49. The fourth-order valence-corrected chi connectivity index (χ4v) is 21.0. The number of halogens is 3. The highest BCUT2D eigenvalue weighted by molar-refractivity contribution is 7.71. The zero-order chi connectivity index (χ0) is 85.5. The summed E-state index contributed by atoms with van der Waals surface area (Å²) in [5.74, 6) is 3.37. The molecule has 10 aromatic rings. The van der Waals surface area contributed by atoms with Gasteiger partial charge in [-0.2, -0.15) is 33.1 Å². The third-order valence-corrected chi connectivity index (χ3v) is 29.9. The molecule has 0 aliphatic carbocycles. The van der Waals surface area contributed by atoms with Gasteiger partial charge < -0.3 is 94.2 Å². The Balaban J connectivity index is 0.000000149. The van der Waals surface area contributed by atoms with Gasteiger partial charge in [0.25, 0.3) is 0 Å². The molecule has 644 valence electrons. The van der Waals surface area contributed by atoms with Crippen LogP contribution in [0.2, 0.25) is 0 Å². The van der Waals surface area contributed by atoms with E-state index in [0.717, 1.165) is 127 Å². The largest absolute Gasteiger partial charge is 0.494 e. The number of nitrogens with zero attached hydrogens (tertiary/aromatic N) is 13. The van der Waals surface area contributed by atoms with E-state index in [1.54, 1.807) is 85.6 Å². The van der Waals surface area contributed by atoms with Crippen molar-refractivity contribution in [3.63, 3.8) is 0 Å². The maximum Gasteiger partial charge on any atom is 0.421 e. The van der Waals surface area contributed by atoms with E-state index in [1.807, 2.05) is 91.1 Å². The lowest BCUT2D eigenvalue weighted by Gasteiger charge is -2.47. The summed E-state index contributed by atoms with van der Waals surface area (Å²) >= 11 is 0. The molecule has 0 radical (unpaired) electrons. The summed E-state index contributed by atoms with van der Waals surface area (Å²) in [6.45, 7) is 23.6. The average molecular weight is 1710 g/mol. The number of methoxy groups -OCH3 is 3. The number of hydrogen-bond donors (Lipinski definition) is 7. The summed E-state index contributed by atoms with van der Waals surface area (Å²) in [5.41, 5.74) is 8.44. The number of ether oxygens (including phenoxy) is 3. The standard InChI is InChI=1S/C31H40N7O2P.C30H38F3N6O2P.C28H38N7O2P/c1-37-17-12-31(13-18-37)14-19-38(20-15-31)22-9-10-24(26(21-22)40-2)34-30-35-28-23(11-16-32-28)29(36-30)33-25-7-5-6-8-27(25)41(3,4)39;1-38-15-11-29(12-16-38)13-17-39(18-14-29)21-9-10-23(25(19-21)41-2)36-28-34-20-22(30(31,32)33)27(37-28)35-24-7-5-6-8-26(24)42(3,4)40;1-34-15-11-28(12-16-34)13-17-35(18-14-28)21-9-10-22(24(19-21)37-2)31-26-29-20-30-27(33-26)32-23-7-5-6-8-25(23)38(3,4)36/h5-11,16,21H,12-15,17-20H2,1-4H3,(H3,32,33,34,35,36);5-10,19-20H,11-18H2,1-4H3,(H2,34,35,36,37);5-10,19-20H,11-18H2,1-4H3,(H2,29,30,31,32,33). The predicted octanol–water partition coefficient (Wildman–Crippen LogP) is 17.5. The molecule has 0 bridgehead atoms. The Labute approximate surface area is 708 Å². The van der Waals surface area contributed by atoms with Gasteiger partial charge in [-0.05, 0) is 273 Å². The SMILES string of the molecule is COc1cc(N2CCC3(CCN(C)CC3)CC2)ccc1Nc1nc(Nc2ccccc2P(C)(C)=O)c2cc[nH]c2n1.COc1cc(N2CCC3(CCN(C)CC3)CC2)ccc1Nc1ncc(C(F)(F)F)c(Nc2ccccc2P(C)(C)=O)n1.COc1cc(N2CCC3(CCN(C)CC3)CC2)ccc1Nc1ncnc(Nc2ccccc2P(C)(C)=O)n1. The summed E-state index contributed by atoms with van der Waals surface area (Å²) < 4.78 is 97.3. The zero-order valence-corrected chi connectivity index (χ0v) is 74.3. The first-order chi connectivity index (χ1) is 57.8. The van der Waals surface area contributed by atoms with Crippen LogP contribution in [0.5, 0.6) is 17.2 Å². The van der Waals surface area contributed by atoms with Gasteiger partial charge in [-0.1, -0.05) is 36.4 Å². The number of benzene rings is 6. The van der Waals surface area contributed by atoms with Gasteiger partial charge in [0.2, 0.25) is 23.8 Å². The number of para-hydroxylation sites is 3. The first-order valence-electron chi connectivity index (χ1n) is 41.7. The normalized spacial score (nSPS) is 17.7. The molecular weight excluding hydrogens is 1600 g/mol. The molecule has 32 heteroatoms. The minimum Gasteiger partial charge on any atom is -0.494 e. The Bertz CT molecular complexity index is 5400. The number of hydrogen-bond acceptors (Lipinski definition) is 25. The van der Waals surface area contributed by atoms with Crippen LogP contribution in [0.3, 0.4) is 0 Å². The molecule has 26 nitrogen and oxygen atoms in total. The van der Waals surface area contributed by atoms with Crippen molar-refractivity contribution in [1.82, 2.24) is 54.6 Å². The van der Waals surface area contributed by atoms with Crippen molar-refractivity contribution in [3.05, 3.63) is 158 Å². The molecule has 0 amide bonds. The van der Waals surface area contributed by atoms with Crippen LogP contribution in [0, 0.1) is 16.2 Å². The molecule has 7 N–H and O–H groups in total. The van der Waals surface area contributed by atoms with Gasteiger partial charge in [0.05, 0.1) is 60.8 Å². The van der Waals surface area contributed by atoms with Crippen LogP contribution in [0.4, 0.5) is 99.8 Å². The lowest BCUT2D eigenvalue weighted by molar-refractivity contribution is -0.137. The fourth-order valence-electron chi connectivity index (χ4n) is 17.6. The van der Waals surface area contributed by atoms with Crippen molar-refractivity contribution in [1.29, 1.82) is 0 Å². The Morgan fingerprint density at radius 2 is 0.702 bits per heavy atom. The molecule has 0 saturated carbocycles. The smallest absolute Gasteiger partial charge is 0.421 e. The van der Waals surface area contributed by atoms with Crippen LogP contribution in [0.25, 0.3) is 11.0 Å². The number of fused-ring (bicyclic) bond motifs is 1. The van der Waals surface area contributed by atoms with E-state index in [1.165, 1.54) is 108 Å². The second-order valence-electron chi connectivity index (χ2n) is 34.6. The van der Waals surface area contributed by atoms with Gasteiger partial charge >= 0.3 is 6.18 Å². The number of aromatic amines is 1. The van der Waals surface area contributed by atoms with E-state index in [-0.39, 0.29) is 5.95 Å². The van der Waals surface area contributed by atoms with Gasteiger partial charge in [0, 0.05) is 103 Å². The molecule has 3 spiro atoms. The van der Waals surface area contributed by atoms with Crippen LogP contribution in [0.15, 0.2) is 152 Å². The maximum absolute atomic E-state index is 13.9. The summed E-state index contributed by atoms with van der Waals surface area (Å²) in [6.07, 6.45) is 14.4. The molecule has 6 fully saturated rings. The number of piperidine rings is 6. The highest BCUT2D eigenvalue weighted by atomic mass is 31.2. The number of alkyl halides is 3. The second kappa shape index (κ2) is 37.0. The van der Waals surface area contributed by atoms with Crippen molar-refractivity contribution in [2.45, 2.75) is 83.2 Å². The highest BCUT2D eigenvalue weighted by Gasteiger charge is 2.41. The quantitative estimate of drug-likeness (QED) is 0.0329. The van der Waals surface area contributed by atoms with Crippen molar-refractivity contribution in [3.8, 4) is 17.2 Å². The maximum atomic E-state index is 13.9. The monoisotopic (exact) mass is 1710 g/mol. The van der Waals surface area contributed by atoms with E-state index in [0.29, 0.717) is 68.0 Å². The molecule has 10 heterocycles. The number of rotatable bonds is 21. The molecule has 16 rings (SSSR count). The molecule has 6 aliphatic heterocycles. The summed E-state index contributed by atoms with van der Waals surface area (Å²) in [6, 6.07) is 42.0. The number of H-pyrrole nitrogens is 1. The number of anilines is 15. The lowest BCUT2D eigenvalue weighted by Crippen LogP contribution is -2.46. The van der Waals surface area contributed by atoms with E-state index in [2.05, 4.69) is 137 Å². The van der Waals surface area contributed by atoms with Gasteiger partial charge in [0.1, 0.15) is 67.8 Å². The van der Waals surface area contributed by atoms with E-state index in [4.69, 9.17) is 24.2 Å². The van der Waals surface area contributed by atoms with Crippen molar-refractivity contribution in [2.24, 2.45) is 16.2 Å². The number of nitrogens with one attached hydrogen (secondary N) is 7. The topological polar surface area (TPSA) is 277 Å². The Hall–Kier alpha value is -10.0. The number of aromatic nitrogens is 8. The van der Waals surface area contributed by atoms with Crippen molar-refractivity contribution in [2.75, 3.05) is 208 Å². The van der Waals surface area contributed by atoms with Crippen LogP contribution < -0.4 is 76.7 Å². The average Bonchev–Trinajstić information content (AvgIpc) is 1.78. The molecular formula is C89H116F3N20O6P3. The van der Waals surface area contributed by atoms with Gasteiger partial charge in [-0.3, -0.25) is 0 Å².